The molecule has 55 heavy (non-hydrogen) atoms. The van der Waals surface area contributed by atoms with Crippen LogP contribution in [0.4, 0.5) is 5.69 Å². The molecule has 3 aromatic heterocycles. The summed E-state index contributed by atoms with van der Waals surface area (Å²) in [6.07, 6.45) is 0. The van der Waals surface area contributed by atoms with E-state index in [-0.39, 0.29) is 0 Å². The third kappa shape index (κ3) is 4.39. The molecule has 0 aliphatic rings. The van der Waals surface area contributed by atoms with Crippen molar-refractivity contribution in [1.82, 2.24) is 13.7 Å². The normalized spacial score (nSPS) is 11.6. The van der Waals surface area contributed by atoms with Gasteiger partial charge < -0.3 is 13.7 Å². The summed E-state index contributed by atoms with van der Waals surface area (Å²) in [5.41, 5.74) is 12.7. The quantitative estimate of drug-likeness (QED) is 0.169. The van der Waals surface area contributed by atoms with Gasteiger partial charge in [-0.05, 0) is 77.7 Å². The van der Waals surface area contributed by atoms with Gasteiger partial charge in [0.1, 0.15) is 0 Å². The highest BCUT2D eigenvalue weighted by Gasteiger charge is 2.22. The van der Waals surface area contributed by atoms with Gasteiger partial charge in [-0.15, -0.1) is 0 Å². The Morgan fingerprint density at radius 2 is 1.02 bits per heavy atom. The van der Waals surface area contributed by atoms with E-state index in [9.17, 15) is 5.26 Å². The number of hydrogen-bond acceptors (Lipinski definition) is 1. The topological polar surface area (TPSA) is 42.9 Å². The van der Waals surface area contributed by atoms with Crippen LogP contribution in [-0.4, -0.2) is 13.7 Å². The SMILES string of the molecule is [C-]#[N+]c1cccc2c1c1ccccc1n2-c1cccc(-c2cc(C#N)ccc2-n2c3ccccc3c3cccc(-n4c5ccccc5c5ccccc54)c32)c1. The predicted octanol–water partition coefficient (Wildman–Crippen LogP) is 13.1. The van der Waals surface area contributed by atoms with Crippen molar-refractivity contribution >= 4 is 71.1 Å². The maximum atomic E-state index is 10.2. The first kappa shape index (κ1) is 30.7. The molecule has 5 nitrogen and oxygen atoms in total. The highest BCUT2D eigenvalue weighted by molar-refractivity contribution is 6.16. The minimum Gasteiger partial charge on any atom is -0.311 e. The van der Waals surface area contributed by atoms with Crippen LogP contribution < -0.4 is 0 Å². The highest BCUT2D eigenvalue weighted by atomic mass is 15.1. The minimum absolute atomic E-state index is 0.589. The molecule has 0 aliphatic carbocycles. The second-order valence-electron chi connectivity index (χ2n) is 13.9. The number of para-hydroxylation sites is 5. The number of nitrogens with zero attached hydrogens (tertiary/aromatic N) is 5. The third-order valence-electron chi connectivity index (χ3n) is 11.1. The average Bonchev–Trinajstić information content (AvgIpc) is 3.89. The Morgan fingerprint density at radius 3 is 1.71 bits per heavy atom. The van der Waals surface area contributed by atoms with Gasteiger partial charge in [-0.25, -0.2) is 4.85 Å². The second-order valence-corrected chi connectivity index (χ2v) is 13.9. The zero-order valence-electron chi connectivity index (χ0n) is 29.5. The minimum atomic E-state index is 0.589. The lowest BCUT2D eigenvalue weighted by Gasteiger charge is -2.18. The molecule has 0 radical (unpaired) electrons. The number of benzene rings is 8. The van der Waals surface area contributed by atoms with Gasteiger partial charge in [-0.1, -0.05) is 109 Å². The van der Waals surface area contributed by atoms with Crippen LogP contribution in [0.15, 0.2) is 176 Å². The lowest BCUT2D eigenvalue weighted by atomic mass is 10.00. The van der Waals surface area contributed by atoms with Crippen LogP contribution in [0.5, 0.6) is 0 Å². The van der Waals surface area contributed by atoms with E-state index < -0.39 is 0 Å². The van der Waals surface area contributed by atoms with E-state index in [0.29, 0.717) is 11.3 Å². The molecule has 11 aromatic rings. The predicted molar refractivity (Wildman–Crippen MR) is 226 cm³/mol. The Kier molecular flexibility index (Phi) is 6.61. The van der Waals surface area contributed by atoms with Crippen molar-refractivity contribution < 1.29 is 0 Å². The van der Waals surface area contributed by atoms with Gasteiger partial charge in [0, 0.05) is 43.7 Å². The van der Waals surface area contributed by atoms with E-state index in [1.807, 2.05) is 36.4 Å². The van der Waals surface area contributed by atoms with E-state index in [1.54, 1.807) is 0 Å². The molecule has 0 spiro atoms. The van der Waals surface area contributed by atoms with Crippen molar-refractivity contribution in [3.63, 3.8) is 0 Å². The van der Waals surface area contributed by atoms with Crippen LogP contribution in [0.25, 0.3) is 98.5 Å². The lowest BCUT2D eigenvalue weighted by Crippen LogP contribution is -2.03. The van der Waals surface area contributed by atoms with Gasteiger partial charge in [-0.3, -0.25) is 0 Å². The van der Waals surface area contributed by atoms with Crippen LogP contribution in [-0.2, 0) is 0 Å². The molecule has 0 aliphatic heterocycles. The number of fused-ring (bicyclic) bond motifs is 9. The Morgan fingerprint density at radius 1 is 0.455 bits per heavy atom. The van der Waals surface area contributed by atoms with Gasteiger partial charge in [0.15, 0.2) is 5.69 Å². The summed E-state index contributed by atoms with van der Waals surface area (Å²) in [5.74, 6) is 0. The van der Waals surface area contributed by atoms with Crippen molar-refractivity contribution in [2.75, 3.05) is 0 Å². The number of hydrogen-bond donors (Lipinski definition) is 0. The third-order valence-corrected chi connectivity index (χ3v) is 11.1. The molecule has 11 rings (SSSR count). The Labute approximate surface area is 316 Å². The summed E-state index contributed by atoms with van der Waals surface area (Å²) < 4.78 is 7.03. The van der Waals surface area contributed by atoms with Crippen LogP contribution >= 0.6 is 0 Å². The summed E-state index contributed by atoms with van der Waals surface area (Å²) in [5, 5.41) is 17.0. The summed E-state index contributed by atoms with van der Waals surface area (Å²) in [6.45, 7) is 7.93. The molecular formula is C50H29N5. The molecular weight excluding hydrogens is 671 g/mol. The summed E-state index contributed by atoms with van der Waals surface area (Å²) in [6, 6.07) is 63.7. The van der Waals surface area contributed by atoms with E-state index in [0.717, 1.165) is 82.8 Å². The van der Waals surface area contributed by atoms with Crippen molar-refractivity contribution in [3.8, 4) is 34.3 Å². The Balaban J connectivity index is 1.22. The fraction of sp³-hybridized carbons (Fsp3) is 0. The number of nitriles is 1. The summed E-state index contributed by atoms with van der Waals surface area (Å²) >= 11 is 0. The van der Waals surface area contributed by atoms with Gasteiger partial charge in [0.05, 0.1) is 57.2 Å². The number of aromatic nitrogens is 3. The molecule has 5 heteroatoms. The highest BCUT2D eigenvalue weighted by Crippen LogP contribution is 2.43. The van der Waals surface area contributed by atoms with Crippen LogP contribution in [0.2, 0.25) is 0 Å². The van der Waals surface area contributed by atoms with Crippen molar-refractivity contribution in [2.45, 2.75) is 0 Å². The van der Waals surface area contributed by atoms with E-state index >= 15 is 0 Å². The van der Waals surface area contributed by atoms with Gasteiger partial charge in [0.2, 0.25) is 0 Å². The van der Waals surface area contributed by atoms with Crippen LogP contribution in [0.3, 0.4) is 0 Å². The molecule has 254 valence electrons. The fourth-order valence-electron chi connectivity index (χ4n) is 8.83. The van der Waals surface area contributed by atoms with Crippen LogP contribution in [0, 0.1) is 17.9 Å². The molecule has 0 saturated carbocycles. The average molecular weight is 700 g/mol. The monoisotopic (exact) mass is 699 g/mol. The number of rotatable bonds is 4. The van der Waals surface area contributed by atoms with Gasteiger partial charge >= 0.3 is 0 Å². The van der Waals surface area contributed by atoms with Gasteiger partial charge in [-0.2, -0.15) is 5.26 Å². The first-order valence-corrected chi connectivity index (χ1v) is 18.3. The van der Waals surface area contributed by atoms with E-state index in [1.165, 1.54) is 10.8 Å². The Hall–Kier alpha value is -7.86. The summed E-state index contributed by atoms with van der Waals surface area (Å²) in [4.78, 5) is 3.89. The largest absolute Gasteiger partial charge is 0.311 e. The molecule has 8 aromatic carbocycles. The summed E-state index contributed by atoms with van der Waals surface area (Å²) in [7, 11) is 0. The van der Waals surface area contributed by atoms with Crippen molar-refractivity contribution in [1.29, 1.82) is 5.26 Å². The maximum absolute atomic E-state index is 10.2. The smallest absolute Gasteiger partial charge is 0.197 e. The Bertz CT molecular complexity index is 3420. The first-order chi connectivity index (χ1) is 27.2. The molecule has 0 atom stereocenters. The standard InChI is InChI=1S/C50H29N5/c1-52-41-20-12-25-47-49(41)39-18-5-9-24-45(39)53(47)34-14-10-13-33(30-34)40-29-32(31-51)27-28-46(40)55-44-23-8-4-17-37(44)38-19-11-26-48(50(38)55)54-42-21-6-2-15-35(42)36-16-3-7-22-43(36)54/h2-30H. The van der Waals surface area contributed by atoms with E-state index in [4.69, 9.17) is 6.57 Å². The zero-order chi connectivity index (χ0) is 36.6. The molecule has 0 saturated heterocycles. The van der Waals surface area contributed by atoms with Crippen molar-refractivity contribution in [3.05, 3.63) is 193 Å². The molecule has 0 unspecified atom stereocenters. The van der Waals surface area contributed by atoms with E-state index in [2.05, 4.69) is 164 Å². The molecule has 0 fully saturated rings. The van der Waals surface area contributed by atoms with Crippen molar-refractivity contribution in [2.24, 2.45) is 0 Å². The van der Waals surface area contributed by atoms with Gasteiger partial charge in [0.25, 0.3) is 0 Å². The first-order valence-electron chi connectivity index (χ1n) is 18.3. The molecule has 0 amide bonds. The fourth-order valence-corrected chi connectivity index (χ4v) is 8.83. The molecule has 3 heterocycles. The maximum Gasteiger partial charge on any atom is 0.197 e. The lowest BCUT2D eigenvalue weighted by molar-refractivity contribution is 1.13. The van der Waals surface area contributed by atoms with Crippen LogP contribution in [0.1, 0.15) is 5.56 Å². The zero-order valence-corrected chi connectivity index (χ0v) is 29.5. The second kappa shape index (κ2) is 11.8. The molecule has 0 N–H and O–H groups in total. The molecule has 0 bridgehead atoms.